The summed E-state index contributed by atoms with van der Waals surface area (Å²) in [5.74, 6) is -1.15. The maximum absolute atomic E-state index is 14.1. The number of nitrogens with zero attached hydrogens (tertiary/aromatic N) is 3. The second-order valence-electron chi connectivity index (χ2n) is 9.24. The number of aryl methyl sites for hydroxylation is 1. The van der Waals surface area contributed by atoms with E-state index in [1.807, 2.05) is 13.8 Å². The van der Waals surface area contributed by atoms with E-state index < -0.39 is 17.8 Å². The number of Topliss-reactive ketones (excluding diaryl/α,β-unsaturated/α-hetero) is 1. The number of aromatic nitrogens is 3. The number of halogens is 1. The maximum atomic E-state index is 14.1. The first kappa shape index (κ1) is 25.0. The number of hydrogen-bond acceptors (Lipinski definition) is 6. The predicted molar refractivity (Wildman–Crippen MR) is 132 cm³/mol. The lowest BCUT2D eigenvalue weighted by molar-refractivity contribution is -0.137. The number of thiazole rings is 1. The third-order valence-electron chi connectivity index (χ3n) is 6.50. The minimum absolute atomic E-state index is 0.0386. The van der Waals surface area contributed by atoms with Crippen LogP contribution in [0.4, 0.5) is 4.39 Å². The summed E-state index contributed by atoms with van der Waals surface area (Å²) in [6, 6.07) is 3.78. The Balaban J connectivity index is 1.51. The van der Waals surface area contributed by atoms with Crippen LogP contribution in [0.3, 0.4) is 0 Å². The van der Waals surface area contributed by atoms with Crippen molar-refractivity contribution in [3.05, 3.63) is 45.9 Å². The minimum atomic E-state index is -0.977. The number of benzene rings is 1. The lowest BCUT2D eigenvalue weighted by Crippen LogP contribution is -2.48. The highest BCUT2D eigenvalue weighted by molar-refractivity contribution is 7.13. The molecule has 3 atom stereocenters. The number of nitrogens with one attached hydrogen (secondary N) is 2. The van der Waals surface area contributed by atoms with Crippen molar-refractivity contribution < 1.29 is 18.8 Å². The number of imidazole rings is 1. The van der Waals surface area contributed by atoms with Crippen LogP contribution in [0.1, 0.15) is 72.4 Å². The number of hydrogen-bond donors (Lipinski definition) is 2. The lowest BCUT2D eigenvalue weighted by atomic mass is 9.96. The Bertz CT molecular complexity index is 1240. The van der Waals surface area contributed by atoms with E-state index in [0.717, 1.165) is 24.3 Å². The standard InChI is InChI=1S/C25H30FN5O3S/c1-14(24-28-18-9-6-8-17(26)23(18)30-24)11-20(32)19(29-25(34)21-13-27-16(3)35-21)12-22(33)31-10-5-4-7-15(31)2/h6,8-9,13-15,19H,4-5,7,10-12H2,1-3H3,(H,28,30)(H,29,34)/t14-,15+,19+/m1/s1. The molecule has 1 aromatic carbocycles. The van der Waals surface area contributed by atoms with Gasteiger partial charge < -0.3 is 15.2 Å². The van der Waals surface area contributed by atoms with Crippen molar-refractivity contribution in [2.45, 2.75) is 70.9 Å². The molecule has 3 heterocycles. The predicted octanol–water partition coefficient (Wildman–Crippen LogP) is 4.12. The monoisotopic (exact) mass is 499 g/mol. The summed E-state index contributed by atoms with van der Waals surface area (Å²) in [5, 5.41) is 3.51. The number of likely N-dealkylation sites (tertiary alicyclic amines) is 1. The van der Waals surface area contributed by atoms with Crippen LogP contribution >= 0.6 is 11.3 Å². The fourth-order valence-corrected chi connectivity index (χ4v) is 5.17. The fourth-order valence-electron chi connectivity index (χ4n) is 4.49. The topological polar surface area (TPSA) is 108 Å². The summed E-state index contributed by atoms with van der Waals surface area (Å²) in [4.78, 5) is 53.0. The lowest BCUT2D eigenvalue weighted by Gasteiger charge is -2.34. The van der Waals surface area contributed by atoms with Crippen LogP contribution in [-0.2, 0) is 9.59 Å². The minimum Gasteiger partial charge on any atom is -0.342 e. The molecule has 2 amide bonds. The quantitative estimate of drug-likeness (QED) is 0.485. The number of amides is 2. The van der Waals surface area contributed by atoms with Gasteiger partial charge in [0, 0.05) is 24.9 Å². The maximum Gasteiger partial charge on any atom is 0.263 e. The van der Waals surface area contributed by atoms with E-state index in [0.29, 0.717) is 22.8 Å². The summed E-state index contributed by atoms with van der Waals surface area (Å²) in [6.45, 7) is 6.27. The highest BCUT2D eigenvalue weighted by Crippen LogP contribution is 2.24. The van der Waals surface area contributed by atoms with E-state index in [1.54, 1.807) is 24.0 Å². The van der Waals surface area contributed by atoms with E-state index >= 15 is 0 Å². The number of ketones is 1. The van der Waals surface area contributed by atoms with Crippen molar-refractivity contribution in [2.75, 3.05) is 6.54 Å². The molecule has 4 rings (SSSR count). The van der Waals surface area contributed by atoms with Crippen LogP contribution in [0.5, 0.6) is 0 Å². The van der Waals surface area contributed by atoms with Crippen LogP contribution in [0.15, 0.2) is 24.4 Å². The zero-order chi connectivity index (χ0) is 25.1. The molecule has 1 fully saturated rings. The van der Waals surface area contributed by atoms with Gasteiger partial charge in [0.25, 0.3) is 5.91 Å². The SMILES string of the molecule is Cc1ncc(C(=O)N[C@@H](CC(=O)N2CCCC[C@@H]2C)C(=O)C[C@@H](C)c2nc3c(F)cccc3[nH]2)s1. The van der Waals surface area contributed by atoms with Crippen LogP contribution in [0.25, 0.3) is 11.0 Å². The van der Waals surface area contributed by atoms with Crippen LogP contribution < -0.4 is 5.32 Å². The number of para-hydroxylation sites is 1. The van der Waals surface area contributed by atoms with Gasteiger partial charge in [-0.2, -0.15) is 0 Å². The number of piperidine rings is 1. The zero-order valence-corrected chi connectivity index (χ0v) is 21.0. The molecule has 0 spiro atoms. The Labute approximate surface area is 207 Å². The van der Waals surface area contributed by atoms with Gasteiger partial charge in [0.15, 0.2) is 11.6 Å². The Morgan fingerprint density at radius 3 is 2.77 bits per heavy atom. The largest absolute Gasteiger partial charge is 0.342 e. The van der Waals surface area contributed by atoms with Gasteiger partial charge in [-0.25, -0.2) is 14.4 Å². The van der Waals surface area contributed by atoms with E-state index in [2.05, 4.69) is 20.3 Å². The molecule has 3 aromatic rings. The summed E-state index contributed by atoms with van der Waals surface area (Å²) in [5.41, 5.74) is 0.778. The molecule has 2 aromatic heterocycles. The Hall–Kier alpha value is -3.14. The average molecular weight is 500 g/mol. The molecule has 0 saturated carbocycles. The summed E-state index contributed by atoms with van der Waals surface area (Å²) >= 11 is 1.23. The number of carbonyl (C=O) groups is 3. The van der Waals surface area contributed by atoms with Gasteiger partial charge in [-0.05, 0) is 45.2 Å². The van der Waals surface area contributed by atoms with E-state index in [1.165, 1.54) is 23.6 Å². The third kappa shape index (κ3) is 5.75. The highest BCUT2D eigenvalue weighted by Gasteiger charge is 2.31. The second kappa shape index (κ2) is 10.6. The molecule has 2 N–H and O–H groups in total. The number of carbonyl (C=O) groups excluding carboxylic acids is 3. The normalized spacial score (nSPS) is 17.8. The van der Waals surface area contributed by atoms with Crippen molar-refractivity contribution in [3.63, 3.8) is 0 Å². The van der Waals surface area contributed by atoms with E-state index in [9.17, 15) is 18.8 Å². The molecule has 186 valence electrons. The molecule has 8 nitrogen and oxygen atoms in total. The third-order valence-corrected chi connectivity index (χ3v) is 7.41. The highest BCUT2D eigenvalue weighted by atomic mass is 32.1. The molecule has 35 heavy (non-hydrogen) atoms. The van der Waals surface area contributed by atoms with E-state index in [4.69, 9.17) is 0 Å². The van der Waals surface area contributed by atoms with Gasteiger partial charge in [0.2, 0.25) is 5.91 Å². The number of aromatic amines is 1. The van der Waals surface area contributed by atoms with Crippen molar-refractivity contribution in [1.29, 1.82) is 0 Å². The Kier molecular flexibility index (Phi) is 7.59. The van der Waals surface area contributed by atoms with Crippen molar-refractivity contribution in [1.82, 2.24) is 25.2 Å². The molecule has 0 unspecified atom stereocenters. The van der Waals surface area contributed by atoms with Gasteiger partial charge in [-0.1, -0.05) is 13.0 Å². The summed E-state index contributed by atoms with van der Waals surface area (Å²) < 4.78 is 14.1. The Morgan fingerprint density at radius 1 is 1.29 bits per heavy atom. The number of H-pyrrole nitrogens is 1. The van der Waals surface area contributed by atoms with Gasteiger partial charge in [0.1, 0.15) is 16.2 Å². The molecule has 1 saturated heterocycles. The van der Waals surface area contributed by atoms with Crippen LogP contribution in [0.2, 0.25) is 0 Å². The Morgan fingerprint density at radius 2 is 2.09 bits per heavy atom. The first-order chi connectivity index (χ1) is 16.7. The van der Waals surface area contributed by atoms with Crippen molar-refractivity contribution >= 4 is 40.0 Å². The van der Waals surface area contributed by atoms with Crippen molar-refractivity contribution in [3.8, 4) is 0 Å². The van der Waals surface area contributed by atoms with Gasteiger partial charge in [0.05, 0.1) is 29.2 Å². The summed E-state index contributed by atoms with van der Waals surface area (Å²) in [6.07, 6.45) is 4.34. The molecular weight excluding hydrogens is 469 g/mol. The number of rotatable bonds is 8. The molecule has 0 aliphatic carbocycles. The van der Waals surface area contributed by atoms with Crippen LogP contribution in [0, 0.1) is 12.7 Å². The van der Waals surface area contributed by atoms with Gasteiger partial charge in [-0.15, -0.1) is 11.3 Å². The molecule has 10 heteroatoms. The molecular formula is C25H30FN5O3S. The first-order valence-electron chi connectivity index (χ1n) is 11.9. The fraction of sp³-hybridized carbons (Fsp3) is 0.480. The smallest absolute Gasteiger partial charge is 0.263 e. The molecule has 0 bridgehead atoms. The van der Waals surface area contributed by atoms with Crippen LogP contribution in [-0.4, -0.2) is 56.1 Å². The number of fused-ring (bicyclic) bond motifs is 1. The van der Waals surface area contributed by atoms with Gasteiger partial charge >= 0.3 is 0 Å². The summed E-state index contributed by atoms with van der Waals surface area (Å²) in [7, 11) is 0. The zero-order valence-electron chi connectivity index (χ0n) is 20.1. The second-order valence-corrected chi connectivity index (χ2v) is 10.5. The molecule has 1 aliphatic rings. The average Bonchev–Trinajstić information content (AvgIpc) is 3.46. The molecule has 0 radical (unpaired) electrons. The van der Waals surface area contributed by atoms with Crippen molar-refractivity contribution in [2.24, 2.45) is 0 Å². The first-order valence-corrected chi connectivity index (χ1v) is 12.7. The van der Waals surface area contributed by atoms with Gasteiger partial charge in [-0.3, -0.25) is 14.4 Å². The molecule has 1 aliphatic heterocycles. The van der Waals surface area contributed by atoms with E-state index in [-0.39, 0.29) is 42.0 Å².